The van der Waals surface area contributed by atoms with Crippen LogP contribution >= 0.6 is 11.3 Å². The van der Waals surface area contributed by atoms with Gasteiger partial charge in [0, 0.05) is 18.0 Å². The maximum Gasteiger partial charge on any atom is 0.292 e. The number of nitrogens with zero attached hydrogens (tertiary/aromatic N) is 2. The molecule has 2 aromatic heterocycles. The molecule has 1 aliphatic carbocycles. The van der Waals surface area contributed by atoms with E-state index in [-0.39, 0.29) is 10.9 Å². The number of amides is 1. The lowest BCUT2D eigenvalue weighted by atomic mass is 9.96. The van der Waals surface area contributed by atoms with Gasteiger partial charge in [-0.3, -0.25) is 4.79 Å². The highest BCUT2D eigenvalue weighted by Crippen LogP contribution is 2.38. The van der Waals surface area contributed by atoms with E-state index in [1.165, 1.54) is 27.8 Å². The maximum absolute atomic E-state index is 12.7. The maximum atomic E-state index is 12.7. The van der Waals surface area contributed by atoms with Gasteiger partial charge in [-0.15, -0.1) is 11.3 Å². The summed E-state index contributed by atoms with van der Waals surface area (Å²) in [7, 11) is -3.73. The number of carbonyl (C=O) groups is 1. The molecule has 2 aliphatic rings. The SMILES string of the molecule is N#Cc1c(NC(=O)c2ccc(S(=O)(=O)N3CCCCC3)o2)sc2c1CCCC2. The van der Waals surface area contributed by atoms with Gasteiger partial charge in [-0.05, 0) is 56.2 Å². The van der Waals surface area contributed by atoms with Crippen LogP contribution < -0.4 is 5.32 Å². The van der Waals surface area contributed by atoms with E-state index in [4.69, 9.17) is 4.42 Å². The highest BCUT2D eigenvalue weighted by Gasteiger charge is 2.30. The second-order valence-electron chi connectivity index (χ2n) is 7.06. The Labute approximate surface area is 168 Å². The van der Waals surface area contributed by atoms with Gasteiger partial charge in [-0.1, -0.05) is 6.42 Å². The number of aryl methyl sites for hydroxylation is 1. The molecule has 9 heteroatoms. The van der Waals surface area contributed by atoms with Crippen LogP contribution in [0.5, 0.6) is 0 Å². The molecule has 1 saturated heterocycles. The number of fused-ring (bicyclic) bond motifs is 1. The average molecular weight is 420 g/mol. The van der Waals surface area contributed by atoms with Crippen molar-refractivity contribution in [1.29, 1.82) is 5.26 Å². The number of anilines is 1. The smallest absolute Gasteiger partial charge is 0.292 e. The molecule has 0 radical (unpaired) electrons. The first kappa shape index (κ1) is 19.2. The molecule has 0 aromatic carbocycles. The van der Waals surface area contributed by atoms with Crippen molar-refractivity contribution in [2.24, 2.45) is 0 Å². The minimum Gasteiger partial charge on any atom is -0.438 e. The first-order chi connectivity index (χ1) is 13.5. The van der Waals surface area contributed by atoms with Crippen LogP contribution in [0.1, 0.15) is 58.7 Å². The van der Waals surface area contributed by atoms with Crippen LogP contribution in [0, 0.1) is 11.3 Å². The molecule has 28 heavy (non-hydrogen) atoms. The van der Waals surface area contributed by atoms with Gasteiger partial charge < -0.3 is 9.73 Å². The van der Waals surface area contributed by atoms with E-state index in [1.807, 2.05) is 0 Å². The first-order valence-electron chi connectivity index (χ1n) is 9.46. The van der Waals surface area contributed by atoms with Crippen LogP contribution in [0.25, 0.3) is 0 Å². The summed E-state index contributed by atoms with van der Waals surface area (Å²) in [4.78, 5) is 13.7. The number of furan rings is 1. The van der Waals surface area contributed by atoms with Gasteiger partial charge in [0.1, 0.15) is 11.1 Å². The first-order valence-corrected chi connectivity index (χ1v) is 11.7. The van der Waals surface area contributed by atoms with Gasteiger partial charge in [0.15, 0.2) is 5.76 Å². The van der Waals surface area contributed by atoms with Gasteiger partial charge in [0.2, 0.25) is 5.09 Å². The number of hydrogen-bond acceptors (Lipinski definition) is 6. The lowest BCUT2D eigenvalue weighted by molar-refractivity contribution is 0.0991. The molecular weight excluding hydrogens is 398 g/mol. The summed E-state index contributed by atoms with van der Waals surface area (Å²) in [6.07, 6.45) is 6.57. The van der Waals surface area contributed by atoms with E-state index in [1.54, 1.807) is 0 Å². The summed E-state index contributed by atoms with van der Waals surface area (Å²) < 4.78 is 32.1. The number of piperidine rings is 1. The predicted molar refractivity (Wildman–Crippen MR) is 105 cm³/mol. The lowest BCUT2D eigenvalue weighted by Gasteiger charge is -2.24. The van der Waals surface area contributed by atoms with Crippen molar-refractivity contribution in [3.63, 3.8) is 0 Å². The van der Waals surface area contributed by atoms with Gasteiger partial charge in [0.05, 0.1) is 5.56 Å². The Morgan fingerprint density at radius 1 is 1.14 bits per heavy atom. The van der Waals surface area contributed by atoms with Crippen molar-refractivity contribution in [2.75, 3.05) is 18.4 Å². The molecule has 1 aliphatic heterocycles. The van der Waals surface area contributed by atoms with Gasteiger partial charge >= 0.3 is 0 Å². The van der Waals surface area contributed by atoms with E-state index < -0.39 is 15.9 Å². The number of nitrogens with one attached hydrogen (secondary N) is 1. The second-order valence-corrected chi connectivity index (χ2v) is 10.0. The monoisotopic (exact) mass is 419 g/mol. The van der Waals surface area contributed by atoms with Crippen molar-refractivity contribution < 1.29 is 17.6 Å². The summed E-state index contributed by atoms with van der Waals surface area (Å²) in [5.41, 5.74) is 1.54. The summed E-state index contributed by atoms with van der Waals surface area (Å²) in [5, 5.41) is 12.5. The van der Waals surface area contributed by atoms with Crippen LogP contribution in [-0.2, 0) is 22.9 Å². The molecular formula is C19H21N3O4S2. The highest BCUT2D eigenvalue weighted by molar-refractivity contribution is 7.89. The summed E-state index contributed by atoms with van der Waals surface area (Å²) >= 11 is 1.42. The molecule has 3 heterocycles. The molecule has 7 nitrogen and oxygen atoms in total. The van der Waals surface area contributed by atoms with Crippen LogP contribution in [0.3, 0.4) is 0 Å². The third-order valence-electron chi connectivity index (χ3n) is 5.22. The van der Waals surface area contributed by atoms with E-state index in [2.05, 4.69) is 11.4 Å². The number of hydrogen-bond donors (Lipinski definition) is 1. The zero-order chi connectivity index (χ0) is 19.7. The fourth-order valence-electron chi connectivity index (χ4n) is 3.75. The van der Waals surface area contributed by atoms with E-state index >= 15 is 0 Å². The van der Waals surface area contributed by atoms with E-state index in [0.29, 0.717) is 23.7 Å². The average Bonchev–Trinajstić information content (AvgIpc) is 3.33. The van der Waals surface area contributed by atoms with E-state index in [0.717, 1.165) is 55.4 Å². The van der Waals surface area contributed by atoms with E-state index in [9.17, 15) is 18.5 Å². The molecule has 0 unspecified atom stereocenters. The molecule has 4 rings (SSSR count). The standard InChI is InChI=1S/C19H21N3O4S2/c20-12-14-13-6-2-3-7-16(13)27-19(14)21-18(23)15-8-9-17(26-15)28(24,25)22-10-4-1-5-11-22/h8-9H,1-7,10-11H2,(H,21,23). The minimum absolute atomic E-state index is 0.0779. The second kappa shape index (κ2) is 7.70. The van der Waals surface area contributed by atoms with Crippen molar-refractivity contribution in [2.45, 2.75) is 50.0 Å². The molecule has 0 atom stereocenters. The topological polar surface area (TPSA) is 103 Å². The number of thiophene rings is 1. The normalized spacial score (nSPS) is 17.7. The molecule has 1 amide bonds. The van der Waals surface area contributed by atoms with Crippen LogP contribution in [-0.4, -0.2) is 31.7 Å². The fourth-order valence-corrected chi connectivity index (χ4v) is 6.41. The number of rotatable bonds is 4. The quantitative estimate of drug-likeness (QED) is 0.817. The lowest BCUT2D eigenvalue weighted by Crippen LogP contribution is -2.35. The number of nitriles is 1. The largest absolute Gasteiger partial charge is 0.438 e. The molecule has 2 aromatic rings. The van der Waals surface area contributed by atoms with Gasteiger partial charge in [-0.25, -0.2) is 8.42 Å². The van der Waals surface area contributed by atoms with Crippen LogP contribution in [0.4, 0.5) is 5.00 Å². The van der Waals surface area contributed by atoms with Crippen molar-refractivity contribution in [3.8, 4) is 6.07 Å². The molecule has 0 saturated carbocycles. The predicted octanol–water partition coefficient (Wildman–Crippen LogP) is 3.52. The number of carbonyl (C=O) groups excluding carboxylic acids is 1. The van der Waals surface area contributed by atoms with Crippen molar-refractivity contribution >= 4 is 32.3 Å². The summed E-state index contributed by atoms with van der Waals surface area (Å²) in [6.45, 7) is 0.938. The molecule has 1 fully saturated rings. The Kier molecular flexibility index (Phi) is 5.27. The Bertz CT molecular complexity index is 1040. The molecule has 0 spiro atoms. The Morgan fingerprint density at radius 2 is 1.89 bits per heavy atom. The third-order valence-corrected chi connectivity index (χ3v) is 8.20. The van der Waals surface area contributed by atoms with Gasteiger partial charge in [0.25, 0.3) is 15.9 Å². The molecule has 0 bridgehead atoms. The third kappa shape index (κ3) is 3.48. The Morgan fingerprint density at radius 3 is 2.64 bits per heavy atom. The van der Waals surface area contributed by atoms with Crippen LogP contribution in [0.15, 0.2) is 21.6 Å². The molecule has 1 N–H and O–H groups in total. The number of sulfonamides is 1. The van der Waals surface area contributed by atoms with Gasteiger partial charge in [-0.2, -0.15) is 9.57 Å². The van der Waals surface area contributed by atoms with Crippen molar-refractivity contribution in [1.82, 2.24) is 4.31 Å². The highest BCUT2D eigenvalue weighted by atomic mass is 32.2. The Hall–Kier alpha value is -2.15. The summed E-state index contributed by atoms with van der Waals surface area (Å²) in [6, 6.07) is 4.89. The van der Waals surface area contributed by atoms with Crippen molar-refractivity contribution in [3.05, 3.63) is 33.9 Å². The summed E-state index contributed by atoms with van der Waals surface area (Å²) in [5.74, 6) is -0.624. The molecule has 148 valence electrons. The fraction of sp³-hybridized carbons (Fsp3) is 0.474. The minimum atomic E-state index is -3.73. The van der Waals surface area contributed by atoms with Crippen LogP contribution in [0.2, 0.25) is 0 Å². The zero-order valence-electron chi connectivity index (χ0n) is 15.4. The zero-order valence-corrected chi connectivity index (χ0v) is 17.0. The Balaban J connectivity index is 1.54.